The zero-order valence-corrected chi connectivity index (χ0v) is 12.0. The van der Waals surface area contributed by atoms with Gasteiger partial charge in [0.1, 0.15) is 4.90 Å². The molecule has 0 spiro atoms. The molecule has 1 unspecified atom stereocenters. The molecule has 0 radical (unpaired) electrons. The standard InChI is InChI=1S/C16H17NOS/c1-3-8-19(18)16-11-14-7-5-4-6-13(14)10-15(16)9-12(2)17-19/h4-7,9-11H,3,8H2,1-2H3. The highest BCUT2D eigenvalue weighted by Crippen LogP contribution is 2.35. The molecule has 1 aliphatic heterocycles. The van der Waals surface area contributed by atoms with Crippen LogP contribution in [0, 0.1) is 0 Å². The molecule has 3 rings (SSSR count). The van der Waals surface area contributed by atoms with E-state index in [-0.39, 0.29) is 0 Å². The zero-order chi connectivity index (χ0) is 13.5. The third-order valence-corrected chi connectivity index (χ3v) is 5.94. The first-order chi connectivity index (χ1) is 9.12. The molecule has 98 valence electrons. The highest BCUT2D eigenvalue weighted by molar-refractivity contribution is 8.00. The first-order valence-electron chi connectivity index (χ1n) is 6.58. The van der Waals surface area contributed by atoms with Crippen LogP contribution >= 0.6 is 0 Å². The molecule has 0 fully saturated rings. The van der Waals surface area contributed by atoms with Crippen molar-refractivity contribution in [2.75, 3.05) is 5.75 Å². The lowest BCUT2D eigenvalue weighted by Crippen LogP contribution is -2.19. The van der Waals surface area contributed by atoms with Gasteiger partial charge in [-0.05, 0) is 52.4 Å². The Morgan fingerprint density at radius 2 is 1.84 bits per heavy atom. The highest BCUT2D eigenvalue weighted by atomic mass is 32.3. The topological polar surface area (TPSA) is 35.4 Å². The summed E-state index contributed by atoms with van der Waals surface area (Å²) in [5, 5.41) is 2.32. The minimum absolute atomic E-state index is 0.628. The molecule has 0 amide bonds. The van der Waals surface area contributed by atoms with E-state index in [1.54, 1.807) is 0 Å². The number of allylic oxidation sites excluding steroid dienone is 1. The molecule has 1 atom stereocenters. The van der Waals surface area contributed by atoms with E-state index in [9.17, 15) is 4.55 Å². The van der Waals surface area contributed by atoms with Crippen molar-refractivity contribution < 1.29 is 4.55 Å². The summed E-state index contributed by atoms with van der Waals surface area (Å²) in [5.41, 5.74) is 1.92. The summed E-state index contributed by atoms with van der Waals surface area (Å²) in [6, 6.07) is 12.4. The van der Waals surface area contributed by atoms with Crippen molar-refractivity contribution >= 4 is 27.0 Å². The van der Waals surface area contributed by atoms with E-state index >= 15 is 0 Å². The highest BCUT2D eigenvalue weighted by Gasteiger charge is 2.24. The summed E-state index contributed by atoms with van der Waals surface area (Å²) in [7, 11) is -2.28. The molecule has 2 nitrogen and oxygen atoms in total. The molecule has 2 aromatic carbocycles. The van der Waals surface area contributed by atoms with E-state index in [4.69, 9.17) is 0 Å². The van der Waals surface area contributed by atoms with Crippen molar-refractivity contribution in [3.05, 3.63) is 47.7 Å². The smallest absolute Gasteiger partial charge is 0.144 e. The van der Waals surface area contributed by atoms with Gasteiger partial charge in [-0.25, -0.2) is 0 Å². The number of hydrogen-bond acceptors (Lipinski definition) is 2. The van der Waals surface area contributed by atoms with Gasteiger partial charge in [0.05, 0.1) is 11.4 Å². The fourth-order valence-corrected chi connectivity index (χ4v) is 4.87. The SMILES string of the molecule is CCC[S+]1([O-])=NC(C)=Cc2cc3ccccc3cc21. The van der Waals surface area contributed by atoms with Crippen molar-refractivity contribution in [2.45, 2.75) is 25.2 Å². The normalized spacial score (nSPS) is 21.7. The summed E-state index contributed by atoms with van der Waals surface area (Å²) in [4.78, 5) is 0.902. The lowest BCUT2D eigenvalue weighted by molar-refractivity contribution is 0.581. The molecule has 0 N–H and O–H groups in total. The van der Waals surface area contributed by atoms with Crippen molar-refractivity contribution in [1.82, 2.24) is 0 Å². The molecule has 2 aromatic rings. The van der Waals surface area contributed by atoms with E-state index in [0.29, 0.717) is 5.75 Å². The van der Waals surface area contributed by atoms with Crippen LogP contribution in [0.1, 0.15) is 25.8 Å². The monoisotopic (exact) mass is 271 g/mol. The van der Waals surface area contributed by atoms with Crippen molar-refractivity contribution in [3.8, 4) is 0 Å². The van der Waals surface area contributed by atoms with Crippen LogP contribution in [0.3, 0.4) is 0 Å². The third kappa shape index (κ3) is 2.13. The Labute approximate surface area is 115 Å². The summed E-state index contributed by atoms with van der Waals surface area (Å²) in [6.07, 6.45) is 2.91. The van der Waals surface area contributed by atoms with Crippen molar-refractivity contribution in [1.29, 1.82) is 0 Å². The lowest BCUT2D eigenvalue weighted by Gasteiger charge is -2.26. The van der Waals surface area contributed by atoms with Crippen LogP contribution in [-0.4, -0.2) is 10.3 Å². The number of rotatable bonds is 2. The van der Waals surface area contributed by atoms with Gasteiger partial charge < -0.3 is 4.55 Å². The zero-order valence-electron chi connectivity index (χ0n) is 11.2. The van der Waals surface area contributed by atoms with Gasteiger partial charge in [-0.15, -0.1) is 4.36 Å². The van der Waals surface area contributed by atoms with Crippen molar-refractivity contribution in [3.63, 3.8) is 0 Å². The summed E-state index contributed by atoms with van der Waals surface area (Å²) in [5.74, 6) is 0.628. The van der Waals surface area contributed by atoms with Gasteiger partial charge in [0.25, 0.3) is 0 Å². The quantitative estimate of drug-likeness (QED) is 0.743. The Morgan fingerprint density at radius 1 is 1.16 bits per heavy atom. The Balaban J connectivity index is 2.32. The maximum Gasteiger partial charge on any atom is 0.144 e. The Kier molecular flexibility index (Phi) is 3.03. The fraction of sp³-hybridized carbons (Fsp3) is 0.250. The second kappa shape index (κ2) is 4.58. The minimum atomic E-state index is -2.28. The van der Waals surface area contributed by atoms with Crippen LogP contribution < -0.4 is 0 Å². The second-order valence-corrected chi connectivity index (χ2v) is 7.27. The van der Waals surface area contributed by atoms with Crippen LogP contribution in [-0.2, 0) is 10.1 Å². The summed E-state index contributed by atoms with van der Waals surface area (Å²) in [6.45, 7) is 3.98. The molecular weight excluding hydrogens is 254 g/mol. The molecule has 0 aliphatic carbocycles. The molecule has 3 heteroatoms. The van der Waals surface area contributed by atoms with Crippen LogP contribution in [0.15, 0.2) is 51.4 Å². The van der Waals surface area contributed by atoms with Crippen LogP contribution in [0.4, 0.5) is 0 Å². The molecule has 19 heavy (non-hydrogen) atoms. The van der Waals surface area contributed by atoms with E-state index in [1.807, 2.05) is 25.1 Å². The predicted octanol–water partition coefficient (Wildman–Crippen LogP) is 4.45. The fourth-order valence-electron chi connectivity index (χ4n) is 2.59. The van der Waals surface area contributed by atoms with Crippen molar-refractivity contribution in [2.24, 2.45) is 4.36 Å². The number of nitrogens with zero attached hydrogens (tertiary/aromatic N) is 1. The molecule has 0 aromatic heterocycles. The largest absolute Gasteiger partial charge is 0.626 e. The predicted molar refractivity (Wildman–Crippen MR) is 81.6 cm³/mol. The maximum atomic E-state index is 13.1. The molecule has 1 heterocycles. The van der Waals surface area contributed by atoms with Crippen LogP contribution in [0.25, 0.3) is 16.8 Å². The van der Waals surface area contributed by atoms with Gasteiger partial charge in [-0.2, -0.15) is 0 Å². The van der Waals surface area contributed by atoms with Crippen LogP contribution in [0.5, 0.6) is 0 Å². The van der Waals surface area contributed by atoms with Gasteiger partial charge in [-0.1, -0.05) is 31.2 Å². The molecule has 0 bridgehead atoms. The first-order valence-corrected chi connectivity index (χ1v) is 8.27. The second-order valence-electron chi connectivity index (χ2n) is 4.96. The average molecular weight is 271 g/mol. The Morgan fingerprint density at radius 3 is 2.53 bits per heavy atom. The van der Waals surface area contributed by atoms with E-state index in [1.165, 1.54) is 5.39 Å². The number of benzene rings is 2. The summed E-state index contributed by atoms with van der Waals surface area (Å²) >= 11 is 0. The molecule has 1 aliphatic rings. The van der Waals surface area contributed by atoms with Crippen LogP contribution in [0.2, 0.25) is 0 Å². The first kappa shape index (κ1) is 12.6. The van der Waals surface area contributed by atoms with E-state index < -0.39 is 10.1 Å². The van der Waals surface area contributed by atoms with Gasteiger partial charge in [-0.3, -0.25) is 0 Å². The maximum absolute atomic E-state index is 13.1. The van der Waals surface area contributed by atoms with Gasteiger partial charge in [0.15, 0.2) is 0 Å². The van der Waals surface area contributed by atoms with Gasteiger partial charge in [0.2, 0.25) is 0 Å². The molecule has 0 saturated carbocycles. The Bertz CT molecular complexity index is 731. The number of fused-ring (bicyclic) bond motifs is 2. The van der Waals surface area contributed by atoms with E-state index in [0.717, 1.165) is 28.0 Å². The van der Waals surface area contributed by atoms with Gasteiger partial charge in [0, 0.05) is 5.56 Å². The molecule has 0 saturated heterocycles. The van der Waals surface area contributed by atoms with E-state index in [2.05, 4.69) is 35.6 Å². The summed E-state index contributed by atoms with van der Waals surface area (Å²) < 4.78 is 17.5. The average Bonchev–Trinajstić information content (AvgIpc) is 2.37. The lowest BCUT2D eigenvalue weighted by atomic mass is 10.1. The number of hydrogen-bond donors (Lipinski definition) is 0. The minimum Gasteiger partial charge on any atom is -0.626 e. The Hall–Kier alpha value is -1.45. The van der Waals surface area contributed by atoms with Gasteiger partial charge >= 0.3 is 0 Å². The molecular formula is C16H17NOS. The third-order valence-electron chi connectivity index (χ3n) is 3.36.